The molecular formula is C19H25NO. The van der Waals surface area contributed by atoms with E-state index in [1.807, 2.05) is 13.1 Å². The number of ether oxygens (including phenoxy) is 1. The van der Waals surface area contributed by atoms with E-state index in [-0.39, 0.29) is 12.1 Å². The van der Waals surface area contributed by atoms with E-state index >= 15 is 0 Å². The monoisotopic (exact) mass is 283 g/mol. The SMILES string of the molecule is CNC(Cc1cccc(C)c1)c1ccccc1OC(C)C. The van der Waals surface area contributed by atoms with Crippen LogP contribution in [0.3, 0.4) is 0 Å². The van der Waals surface area contributed by atoms with Crippen molar-refractivity contribution in [2.24, 2.45) is 0 Å². The molecule has 21 heavy (non-hydrogen) atoms. The minimum Gasteiger partial charge on any atom is -0.491 e. The van der Waals surface area contributed by atoms with Gasteiger partial charge in [-0.25, -0.2) is 0 Å². The summed E-state index contributed by atoms with van der Waals surface area (Å²) in [5.41, 5.74) is 3.86. The van der Waals surface area contributed by atoms with Crippen LogP contribution in [0.5, 0.6) is 5.75 Å². The van der Waals surface area contributed by atoms with Crippen molar-refractivity contribution in [2.45, 2.75) is 39.3 Å². The highest BCUT2D eigenvalue weighted by Gasteiger charge is 2.15. The first-order valence-electron chi connectivity index (χ1n) is 7.58. The number of likely N-dealkylation sites (N-methyl/N-ethyl adjacent to an activating group) is 1. The van der Waals surface area contributed by atoms with Gasteiger partial charge in [0.05, 0.1) is 6.10 Å². The largest absolute Gasteiger partial charge is 0.491 e. The van der Waals surface area contributed by atoms with E-state index in [2.05, 4.69) is 68.6 Å². The summed E-state index contributed by atoms with van der Waals surface area (Å²) in [6, 6.07) is 17.2. The van der Waals surface area contributed by atoms with Crippen LogP contribution in [0.2, 0.25) is 0 Å². The molecule has 2 rings (SSSR count). The molecule has 0 heterocycles. The molecule has 0 aliphatic rings. The summed E-state index contributed by atoms with van der Waals surface area (Å²) in [5, 5.41) is 3.42. The highest BCUT2D eigenvalue weighted by molar-refractivity contribution is 5.37. The lowest BCUT2D eigenvalue weighted by molar-refractivity contribution is 0.238. The quantitative estimate of drug-likeness (QED) is 0.854. The van der Waals surface area contributed by atoms with Crippen LogP contribution in [0.15, 0.2) is 48.5 Å². The lowest BCUT2D eigenvalue weighted by atomic mass is 9.97. The van der Waals surface area contributed by atoms with Gasteiger partial charge < -0.3 is 10.1 Å². The molecule has 0 aliphatic heterocycles. The van der Waals surface area contributed by atoms with Crippen molar-refractivity contribution in [1.82, 2.24) is 5.32 Å². The number of rotatable bonds is 6. The van der Waals surface area contributed by atoms with Crippen molar-refractivity contribution in [1.29, 1.82) is 0 Å². The summed E-state index contributed by atoms with van der Waals surface area (Å²) in [6.45, 7) is 6.26. The fourth-order valence-electron chi connectivity index (χ4n) is 2.57. The van der Waals surface area contributed by atoms with Gasteiger partial charge in [-0.15, -0.1) is 0 Å². The number of hydrogen-bond donors (Lipinski definition) is 1. The predicted molar refractivity (Wildman–Crippen MR) is 88.9 cm³/mol. The van der Waals surface area contributed by atoms with E-state index < -0.39 is 0 Å². The predicted octanol–water partition coefficient (Wildman–Crippen LogP) is 4.29. The fourth-order valence-corrected chi connectivity index (χ4v) is 2.57. The van der Waals surface area contributed by atoms with Crippen LogP contribution >= 0.6 is 0 Å². The van der Waals surface area contributed by atoms with E-state index in [9.17, 15) is 0 Å². The molecule has 0 aliphatic carbocycles. The third kappa shape index (κ3) is 4.33. The standard InChI is InChI=1S/C19H25NO/c1-14(2)21-19-11-6-5-10-17(19)18(20-4)13-16-9-7-8-15(3)12-16/h5-12,14,18,20H,13H2,1-4H3. The van der Waals surface area contributed by atoms with E-state index in [4.69, 9.17) is 4.74 Å². The number of nitrogens with one attached hydrogen (secondary N) is 1. The second-order valence-corrected chi connectivity index (χ2v) is 5.74. The van der Waals surface area contributed by atoms with Gasteiger partial charge in [0.25, 0.3) is 0 Å². The summed E-state index contributed by atoms with van der Waals surface area (Å²) in [4.78, 5) is 0. The van der Waals surface area contributed by atoms with Gasteiger partial charge in [-0.2, -0.15) is 0 Å². The first-order valence-corrected chi connectivity index (χ1v) is 7.58. The average molecular weight is 283 g/mol. The molecule has 0 fully saturated rings. The van der Waals surface area contributed by atoms with E-state index in [1.165, 1.54) is 16.7 Å². The fraction of sp³-hybridized carbons (Fsp3) is 0.368. The molecule has 0 saturated heterocycles. The zero-order chi connectivity index (χ0) is 15.2. The molecule has 0 spiro atoms. The van der Waals surface area contributed by atoms with Crippen LogP contribution in [0.25, 0.3) is 0 Å². The Kier molecular flexibility index (Phi) is 5.40. The van der Waals surface area contributed by atoms with Crippen molar-refractivity contribution in [3.05, 3.63) is 65.2 Å². The Morgan fingerprint density at radius 1 is 1.05 bits per heavy atom. The average Bonchev–Trinajstić information content (AvgIpc) is 2.45. The van der Waals surface area contributed by atoms with Crippen LogP contribution < -0.4 is 10.1 Å². The lowest BCUT2D eigenvalue weighted by Crippen LogP contribution is -2.20. The molecule has 2 aromatic carbocycles. The van der Waals surface area contributed by atoms with Gasteiger partial charge in [0, 0.05) is 11.6 Å². The molecule has 0 radical (unpaired) electrons. The normalized spacial score (nSPS) is 12.4. The molecule has 2 aromatic rings. The van der Waals surface area contributed by atoms with Crippen molar-refractivity contribution < 1.29 is 4.74 Å². The zero-order valence-electron chi connectivity index (χ0n) is 13.4. The number of hydrogen-bond acceptors (Lipinski definition) is 2. The molecule has 0 saturated carbocycles. The lowest BCUT2D eigenvalue weighted by Gasteiger charge is -2.21. The smallest absolute Gasteiger partial charge is 0.124 e. The Morgan fingerprint density at radius 2 is 1.81 bits per heavy atom. The van der Waals surface area contributed by atoms with Gasteiger partial charge in [0.2, 0.25) is 0 Å². The first-order chi connectivity index (χ1) is 10.1. The second kappa shape index (κ2) is 7.28. The molecule has 0 aromatic heterocycles. The van der Waals surface area contributed by atoms with Crippen LogP contribution in [0.1, 0.15) is 36.6 Å². The summed E-state index contributed by atoms with van der Waals surface area (Å²) >= 11 is 0. The molecule has 2 nitrogen and oxygen atoms in total. The molecule has 112 valence electrons. The number of benzene rings is 2. The van der Waals surface area contributed by atoms with Crippen molar-refractivity contribution in [3.8, 4) is 5.75 Å². The van der Waals surface area contributed by atoms with E-state index in [1.54, 1.807) is 0 Å². The summed E-state index contributed by atoms with van der Waals surface area (Å²) in [7, 11) is 2.01. The van der Waals surface area contributed by atoms with Gasteiger partial charge in [0.15, 0.2) is 0 Å². The highest BCUT2D eigenvalue weighted by Crippen LogP contribution is 2.28. The van der Waals surface area contributed by atoms with Gasteiger partial charge in [0.1, 0.15) is 5.75 Å². The minimum absolute atomic E-state index is 0.183. The van der Waals surface area contributed by atoms with Crippen molar-refractivity contribution in [2.75, 3.05) is 7.05 Å². The maximum absolute atomic E-state index is 5.95. The molecule has 1 N–H and O–H groups in total. The van der Waals surface area contributed by atoms with Crippen LogP contribution in [-0.2, 0) is 6.42 Å². The topological polar surface area (TPSA) is 21.3 Å². The summed E-state index contributed by atoms with van der Waals surface area (Å²) < 4.78 is 5.95. The summed E-state index contributed by atoms with van der Waals surface area (Å²) in [6.07, 6.45) is 1.14. The molecule has 0 bridgehead atoms. The summed E-state index contributed by atoms with van der Waals surface area (Å²) in [5.74, 6) is 0.972. The maximum atomic E-state index is 5.95. The van der Waals surface area contributed by atoms with Crippen molar-refractivity contribution in [3.63, 3.8) is 0 Å². The third-order valence-corrected chi connectivity index (χ3v) is 3.53. The van der Waals surface area contributed by atoms with Crippen LogP contribution in [0.4, 0.5) is 0 Å². The van der Waals surface area contributed by atoms with Gasteiger partial charge in [-0.3, -0.25) is 0 Å². The molecule has 1 atom stereocenters. The van der Waals surface area contributed by atoms with Crippen molar-refractivity contribution >= 4 is 0 Å². The third-order valence-electron chi connectivity index (χ3n) is 3.53. The maximum Gasteiger partial charge on any atom is 0.124 e. The highest BCUT2D eigenvalue weighted by atomic mass is 16.5. The molecular weight excluding hydrogens is 258 g/mol. The Morgan fingerprint density at radius 3 is 2.48 bits per heavy atom. The van der Waals surface area contributed by atoms with Gasteiger partial charge >= 0.3 is 0 Å². The first kappa shape index (κ1) is 15.6. The molecule has 2 heteroatoms. The second-order valence-electron chi connectivity index (χ2n) is 5.74. The van der Waals surface area contributed by atoms with Crippen LogP contribution in [0, 0.1) is 6.92 Å². The van der Waals surface area contributed by atoms with Crippen LogP contribution in [-0.4, -0.2) is 13.2 Å². The van der Waals surface area contributed by atoms with E-state index in [0.29, 0.717) is 0 Å². The molecule has 1 unspecified atom stereocenters. The Balaban J connectivity index is 2.25. The van der Waals surface area contributed by atoms with Gasteiger partial charge in [-0.05, 0) is 45.9 Å². The Labute approximate surface area is 128 Å². The number of para-hydroxylation sites is 1. The minimum atomic E-state index is 0.183. The van der Waals surface area contributed by atoms with Gasteiger partial charge in [-0.1, -0.05) is 48.0 Å². The zero-order valence-corrected chi connectivity index (χ0v) is 13.4. The Bertz CT molecular complexity index is 577. The van der Waals surface area contributed by atoms with E-state index in [0.717, 1.165) is 12.2 Å². The number of aryl methyl sites for hydroxylation is 1. The molecule has 0 amide bonds. The Hall–Kier alpha value is -1.80.